The van der Waals surface area contributed by atoms with Gasteiger partial charge in [-0.3, -0.25) is 9.59 Å². The van der Waals surface area contributed by atoms with E-state index in [1.165, 1.54) is 13.2 Å². The molecule has 0 saturated heterocycles. The van der Waals surface area contributed by atoms with Crippen LogP contribution in [0, 0.1) is 11.8 Å². The fraction of sp³-hybridized carbons (Fsp3) is 0.471. The molecule has 6 nitrogen and oxygen atoms in total. The normalized spacial score (nSPS) is 20.6. The molecule has 0 aliphatic heterocycles. The van der Waals surface area contributed by atoms with E-state index in [9.17, 15) is 19.5 Å². The van der Waals surface area contributed by atoms with E-state index in [1.54, 1.807) is 18.2 Å². The molecule has 1 saturated carbocycles. The molecular weight excluding hydrogens is 298 g/mol. The lowest BCUT2D eigenvalue weighted by atomic mass is 9.79. The number of carboxylic acids is 1. The lowest BCUT2D eigenvalue weighted by Crippen LogP contribution is -2.37. The highest BCUT2D eigenvalue weighted by molar-refractivity contribution is 5.97. The number of nitrogens with one attached hydrogen (secondary N) is 1. The van der Waals surface area contributed by atoms with E-state index < -0.39 is 17.9 Å². The van der Waals surface area contributed by atoms with Crippen LogP contribution in [0.3, 0.4) is 0 Å². The van der Waals surface area contributed by atoms with Crippen molar-refractivity contribution >= 4 is 17.8 Å². The Morgan fingerprint density at radius 3 is 2.61 bits per heavy atom. The summed E-state index contributed by atoms with van der Waals surface area (Å²) >= 11 is 0. The van der Waals surface area contributed by atoms with Crippen molar-refractivity contribution in [2.24, 2.45) is 11.8 Å². The largest absolute Gasteiger partial charge is 0.481 e. The molecule has 0 radical (unpaired) electrons. The molecule has 1 aromatic carbocycles. The van der Waals surface area contributed by atoms with Crippen molar-refractivity contribution in [1.82, 2.24) is 5.32 Å². The van der Waals surface area contributed by atoms with Crippen molar-refractivity contribution in [3.8, 4) is 0 Å². The maximum Gasteiger partial charge on any atom is 0.337 e. The van der Waals surface area contributed by atoms with Crippen molar-refractivity contribution in [3.05, 3.63) is 35.4 Å². The van der Waals surface area contributed by atoms with Crippen LogP contribution in [-0.2, 0) is 9.53 Å². The summed E-state index contributed by atoms with van der Waals surface area (Å²) in [5.74, 6) is -2.06. The average Bonchev–Trinajstić information content (AvgIpc) is 2.59. The highest BCUT2D eigenvalue weighted by Crippen LogP contribution is 2.29. The van der Waals surface area contributed by atoms with Gasteiger partial charge in [0.15, 0.2) is 0 Å². The minimum absolute atomic E-state index is 0.0472. The summed E-state index contributed by atoms with van der Waals surface area (Å²) in [7, 11) is 1.28. The first-order valence-electron chi connectivity index (χ1n) is 7.72. The van der Waals surface area contributed by atoms with Gasteiger partial charge >= 0.3 is 11.9 Å². The Hall–Kier alpha value is -2.37. The van der Waals surface area contributed by atoms with Crippen LogP contribution in [0.25, 0.3) is 0 Å². The molecule has 1 aliphatic carbocycles. The number of esters is 1. The molecule has 2 atom stereocenters. The zero-order valence-corrected chi connectivity index (χ0v) is 13.1. The Labute approximate surface area is 134 Å². The minimum Gasteiger partial charge on any atom is -0.481 e. The first kappa shape index (κ1) is 17.0. The van der Waals surface area contributed by atoms with Crippen molar-refractivity contribution in [1.29, 1.82) is 0 Å². The van der Waals surface area contributed by atoms with Crippen LogP contribution in [0.15, 0.2) is 24.3 Å². The second-order valence-electron chi connectivity index (χ2n) is 5.77. The predicted octanol–water partition coefficient (Wildman–Crippen LogP) is 2.09. The molecule has 2 N–H and O–H groups in total. The standard InChI is InChI=1S/C17H21NO5/c1-23-17(22)12-7-4-6-11(9-12)15(19)18-10-13-5-2-3-8-14(13)16(20)21/h4,6-7,9,13-14H,2-3,5,8,10H2,1H3,(H,18,19)(H,20,21)/t13-,14-/m0/s1. The number of rotatable bonds is 5. The Morgan fingerprint density at radius 1 is 1.22 bits per heavy atom. The van der Waals surface area contributed by atoms with E-state index in [0.717, 1.165) is 19.3 Å². The van der Waals surface area contributed by atoms with E-state index >= 15 is 0 Å². The van der Waals surface area contributed by atoms with Crippen molar-refractivity contribution in [3.63, 3.8) is 0 Å². The summed E-state index contributed by atoms with van der Waals surface area (Å²) in [6.45, 7) is 0.332. The summed E-state index contributed by atoms with van der Waals surface area (Å²) in [4.78, 5) is 35.0. The van der Waals surface area contributed by atoms with Crippen molar-refractivity contribution < 1.29 is 24.2 Å². The highest BCUT2D eigenvalue weighted by Gasteiger charge is 2.30. The lowest BCUT2D eigenvalue weighted by Gasteiger charge is -2.28. The Balaban J connectivity index is 1.99. The number of benzene rings is 1. The molecule has 124 valence electrons. The summed E-state index contributed by atoms with van der Waals surface area (Å²) in [5, 5.41) is 12.0. The van der Waals surface area contributed by atoms with Gasteiger partial charge in [0.05, 0.1) is 18.6 Å². The second-order valence-corrected chi connectivity index (χ2v) is 5.77. The topological polar surface area (TPSA) is 92.7 Å². The van der Waals surface area contributed by atoms with Gasteiger partial charge in [0.2, 0.25) is 0 Å². The highest BCUT2D eigenvalue weighted by atomic mass is 16.5. The molecule has 1 aromatic rings. The minimum atomic E-state index is -0.795. The Morgan fingerprint density at radius 2 is 1.91 bits per heavy atom. The fourth-order valence-electron chi connectivity index (χ4n) is 3.01. The number of amides is 1. The number of carboxylic acid groups (broad SMARTS) is 1. The van der Waals surface area contributed by atoms with Gasteiger partial charge in [-0.05, 0) is 37.0 Å². The zero-order chi connectivity index (χ0) is 16.8. The average molecular weight is 319 g/mol. The quantitative estimate of drug-likeness (QED) is 0.811. The van der Waals surface area contributed by atoms with Gasteiger partial charge in [-0.25, -0.2) is 4.79 Å². The molecule has 2 rings (SSSR count). The SMILES string of the molecule is COC(=O)c1cccc(C(=O)NC[C@@H]2CCCC[C@@H]2C(=O)O)c1. The summed E-state index contributed by atoms with van der Waals surface area (Å²) in [6, 6.07) is 6.26. The second kappa shape index (κ2) is 7.76. The number of aliphatic carboxylic acids is 1. The van der Waals surface area contributed by atoms with Gasteiger partial charge in [-0.1, -0.05) is 18.9 Å². The number of carbonyl (C=O) groups excluding carboxylic acids is 2. The van der Waals surface area contributed by atoms with Crippen LogP contribution in [-0.4, -0.2) is 36.6 Å². The van der Waals surface area contributed by atoms with Gasteiger partial charge in [0.1, 0.15) is 0 Å². The van der Waals surface area contributed by atoms with Crippen LogP contribution in [0.4, 0.5) is 0 Å². The third-order valence-corrected chi connectivity index (χ3v) is 4.30. The third kappa shape index (κ3) is 4.31. The Kier molecular flexibility index (Phi) is 5.73. The summed E-state index contributed by atoms with van der Waals surface area (Å²) in [6.07, 6.45) is 3.37. The van der Waals surface area contributed by atoms with Crippen LogP contribution in [0.1, 0.15) is 46.4 Å². The monoisotopic (exact) mass is 319 g/mol. The van der Waals surface area contributed by atoms with Crippen molar-refractivity contribution in [2.45, 2.75) is 25.7 Å². The lowest BCUT2D eigenvalue weighted by molar-refractivity contribution is -0.144. The first-order chi connectivity index (χ1) is 11.0. The number of ether oxygens (including phenoxy) is 1. The molecule has 6 heteroatoms. The maximum absolute atomic E-state index is 12.2. The van der Waals surface area contributed by atoms with Crippen LogP contribution in [0.2, 0.25) is 0 Å². The summed E-state index contributed by atoms with van der Waals surface area (Å²) < 4.78 is 4.63. The van der Waals surface area contributed by atoms with Gasteiger partial charge in [0.25, 0.3) is 5.91 Å². The third-order valence-electron chi connectivity index (χ3n) is 4.30. The van der Waals surface area contributed by atoms with E-state index in [2.05, 4.69) is 10.1 Å². The summed E-state index contributed by atoms with van der Waals surface area (Å²) in [5.41, 5.74) is 0.664. The molecule has 0 heterocycles. The number of carbonyl (C=O) groups is 3. The van der Waals surface area contributed by atoms with Crippen LogP contribution >= 0.6 is 0 Å². The van der Waals surface area contributed by atoms with Crippen molar-refractivity contribution in [2.75, 3.05) is 13.7 Å². The molecule has 0 bridgehead atoms. The van der Waals surface area contributed by atoms with E-state index in [1.807, 2.05) is 0 Å². The Bertz CT molecular complexity index is 598. The molecule has 1 fully saturated rings. The molecule has 23 heavy (non-hydrogen) atoms. The molecule has 0 spiro atoms. The first-order valence-corrected chi connectivity index (χ1v) is 7.72. The van der Waals surface area contributed by atoms with Crippen LogP contribution in [0.5, 0.6) is 0 Å². The molecule has 1 amide bonds. The number of methoxy groups -OCH3 is 1. The van der Waals surface area contributed by atoms with Gasteiger partial charge < -0.3 is 15.2 Å². The number of hydrogen-bond acceptors (Lipinski definition) is 4. The fourth-order valence-corrected chi connectivity index (χ4v) is 3.01. The van der Waals surface area contributed by atoms with Gasteiger partial charge in [0, 0.05) is 12.1 Å². The van der Waals surface area contributed by atoms with Crippen LogP contribution < -0.4 is 5.32 Å². The van der Waals surface area contributed by atoms with Gasteiger partial charge in [-0.2, -0.15) is 0 Å². The van der Waals surface area contributed by atoms with E-state index in [4.69, 9.17) is 0 Å². The van der Waals surface area contributed by atoms with Gasteiger partial charge in [-0.15, -0.1) is 0 Å². The maximum atomic E-state index is 12.2. The zero-order valence-electron chi connectivity index (χ0n) is 13.1. The molecular formula is C17H21NO5. The molecule has 0 unspecified atom stereocenters. The molecule has 0 aromatic heterocycles. The predicted molar refractivity (Wildman–Crippen MR) is 83.2 cm³/mol. The van der Waals surface area contributed by atoms with E-state index in [0.29, 0.717) is 24.1 Å². The molecule has 1 aliphatic rings. The smallest absolute Gasteiger partial charge is 0.337 e. The number of hydrogen-bond donors (Lipinski definition) is 2. The van der Waals surface area contributed by atoms with E-state index in [-0.39, 0.29) is 11.8 Å².